The number of rotatable bonds is 5. The Morgan fingerprint density at radius 3 is 2.06 bits per heavy atom. The van der Waals surface area contributed by atoms with Crippen molar-refractivity contribution in [1.29, 1.82) is 0 Å². The molecule has 0 radical (unpaired) electrons. The van der Waals surface area contributed by atoms with Crippen LogP contribution in [-0.2, 0) is 12.4 Å². The van der Waals surface area contributed by atoms with Crippen LogP contribution in [0.5, 0.6) is 11.6 Å². The highest BCUT2D eigenvalue weighted by atomic mass is 35.5. The van der Waals surface area contributed by atoms with Gasteiger partial charge >= 0.3 is 12.4 Å². The third-order valence-corrected chi connectivity index (χ3v) is 4.44. The molecule has 2 aromatic heterocycles. The second kappa shape index (κ2) is 9.25. The highest BCUT2D eigenvalue weighted by Crippen LogP contribution is 2.35. The maximum atomic E-state index is 12.7. The van der Waals surface area contributed by atoms with E-state index in [4.69, 9.17) is 27.9 Å². The number of pyridine rings is 2. The van der Waals surface area contributed by atoms with Crippen LogP contribution in [0.3, 0.4) is 0 Å². The molecule has 0 bridgehead atoms. The Morgan fingerprint density at radius 1 is 0.844 bits per heavy atom. The fourth-order valence-corrected chi connectivity index (χ4v) is 2.79. The molecule has 168 valence electrons. The molecule has 0 spiro atoms. The molecule has 0 aliphatic heterocycles. The first kappa shape index (κ1) is 23.7. The molecule has 1 aromatic carbocycles. The summed E-state index contributed by atoms with van der Waals surface area (Å²) in [5.74, 6) is 0.0105. The van der Waals surface area contributed by atoms with E-state index in [0.29, 0.717) is 24.1 Å². The number of benzene rings is 1. The Labute approximate surface area is 187 Å². The molecule has 0 saturated carbocycles. The number of nitrogens with zero attached hydrogens (tertiary/aromatic N) is 2. The fourth-order valence-electron chi connectivity index (χ4n) is 2.36. The van der Waals surface area contributed by atoms with E-state index in [-0.39, 0.29) is 27.4 Å². The van der Waals surface area contributed by atoms with Gasteiger partial charge in [0.05, 0.1) is 21.8 Å². The maximum absolute atomic E-state index is 12.7. The van der Waals surface area contributed by atoms with Crippen LogP contribution < -0.4 is 10.1 Å². The van der Waals surface area contributed by atoms with Crippen LogP contribution in [0, 0.1) is 0 Å². The van der Waals surface area contributed by atoms with E-state index in [2.05, 4.69) is 15.3 Å². The van der Waals surface area contributed by atoms with Gasteiger partial charge in [0.1, 0.15) is 10.8 Å². The second-order valence-corrected chi connectivity index (χ2v) is 7.02. The van der Waals surface area contributed by atoms with Crippen LogP contribution in [0.1, 0.15) is 16.8 Å². The third-order valence-electron chi connectivity index (χ3n) is 3.87. The van der Waals surface area contributed by atoms with Crippen molar-refractivity contribution in [1.82, 2.24) is 9.97 Å². The van der Waals surface area contributed by atoms with Crippen molar-refractivity contribution in [2.24, 2.45) is 0 Å². The first-order valence-electron chi connectivity index (χ1n) is 8.60. The quantitative estimate of drug-likeness (QED) is 0.370. The Morgan fingerprint density at radius 2 is 1.47 bits per heavy atom. The number of anilines is 1. The summed E-state index contributed by atoms with van der Waals surface area (Å²) in [6, 6.07) is 7.73. The van der Waals surface area contributed by atoms with E-state index in [1.807, 2.05) is 0 Å². The molecule has 0 aliphatic rings. The van der Waals surface area contributed by atoms with Crippen molar-refractivity contribution >= 4 is 35.0 Å². The molecule has 32 heavy (non-hydrogen) atoms. The van der Waals surface area contributed by atoms with Gasteiger partial charge in [0, 0.05) is 30.3 Å². The normalized spacial score (nSPS) is 12.2. The number of halogens is 8. The van der Waals surface area contributed by atoms with E-state index in [1.165, 1.54) is 24.4 Å². The molecule has 0 unspecified atom stereocenters. The second-order valence-electron chi connectivity index (χ2n) is 6.21. The number of hydrogen-bond donors (Lipinski definition) is 1. The zero-order valence-electron chi connectivity index (χ0n) is 15.6. The van der Waals surface area contributed by atoms with Crippen LogP contribution in [0.25, 0.3) is 6.08 Å². The van der Waals surface area contributed by atoms with E-state index < -0.39 is 23.5 Å². The number of hydrogen-bond acceptors (Lipinski definition) is 4. The fraction of sp³-hybridized carbons (Fsp3) is 0.100. The lowest BCUT2D eigenvalue weighted by Crippen LogP contribution is -2.05. The summed E-state index contributed by atoms with van der Waals surface area (Å²) in [6.45, 7) is 0. The average Bonchev–Trinajstić information content (AvgIpc) is 2.69. The van der Waals surface area contributed by atoms with Gasteiger partial charge in [-0.1, -0.05) is 29.3 Å². The molecule has 4 nitrogen and oxygen atoms in total. The molecular formula is C20H11Cl2F6N3O. The van der Waals surface area contributed by atoms with Gasteiger partial charge in [0.25, 0.3) is 0 Å². The smallest absolute Gasteiger partial charge is 0.417 e. The van der Waals surface area contributed by atoms with Crippen LogP contribution in [-0.4, -0.2) is 9.97 Å². The Kier molecular flexibility index (Phi) is 6.85. The van der Waals surface area contributed by atoms with Crippen LogP contribution in [0.2, 0.25) is 10.0 Å². The minimum Gasteiger partial charge on any atom is -0.437 e. The summed E-state index contributed by atoms with van der Waals surface area (Å²) in [5.41, 5.74) is -1.37. The molecule has 2 heterocycles. The van der Waals surface area contributed by atoms with E-state index in [1.54, 1.807) is 12.1 Å². The summed E-state index contributed by atoms with van der Waals surface area (Å²) in [7, 11) is 0. The predicted octanol–water partition coefficient (Wildman–Crippen LogP) is 7.70. The predicted molar refractivity (Wildman–Crippen MR) is 108 cm³/mol. The first-order valence-corrected chi connectivity index (χ1v) is 9.35. The standard InChI is InChI=1S/C20H11Cl2F6N3O/c21-15-6-11(19(23,24)25)9-30-17(15)4-5-29-13-2-1-3-14(8-13)32-18-16(22)7-12(10-31-18)20(26,27)28/h1-10,29H/b5-4+. The van der Waals surface area contributed by atoms with Crippen molar-refractivity contribution in [3.8, 4) is 11.6 Å². The highest BCUT2D eigenvalue weighted by Gasteiger charge is 2.32. The molecule has 0 fully saturated rings. The first-order chi connectivity index (χ1) is 14.9. The van der Waals surface area contributed by atoms with Gasteiger partial charge in [-0.05, 0) is 30.3 Å². The largest absolute Gasteiger partial charge is 0.437 e. The lowest BCUT2D eigenvalue weighted by Gasteiger charge is -2.11. The highest BCUT2D eigenvalue weighted by molar-refractivity contribution is 6.32. The van der Waals surface area contributed by atoms with Crippen molar-refractivity contribution in [3.05, 3.63) is 81.9 Å². The van der Waals surface area contributed by atoms with Gasteiger partial charge < -0.3 is 10.1 Å². The molecule has 3 rings (SSSR count). The van der Waals surface area contributed by atoms with Crippen LogP contribution in [0.4, 0.5) is 32.0 Å². The number of aromatic nitrogens is 2. The van der Waals surface area contributed by atoms with E-state index >= 15 is 0 Å². The topological polar surface area (TPSA) is 47.0 Å². The summed E-state index contributed by atoms with van der Waals surface area (Å²) >= 11 is 11.7. The van der Waals surface area contributed by atoms with E-state index in [0.717, 1.165) is 6.07 Å². The zero-order valence-corrected chi connectivity index (χ0v) is 17.1. The molecule has 0 aliphatic carbocycles. The van der Waals surface area contributed by atoms with Gasteiger partial charge in [0.15, 0.2) is 0 Å². The van der Waals surface area contributed by atoms with Gasteiger partial charge in [-0.2, -0.15) is 26.3 Å². The monoisotopic (exact) mass is 493 g/mol. The van der Waals surface area contributed by atoms with Crippen molar-refractivity contribution in [3.63, 3.8) is 0 Å². The minimum atomic E-state index is -4.59. The lowest BCUT2D eigenvalue weighted by molar-refractivity contribution is -0.138. The summed E-state index contributed by atoms with van der Waals surface area (Å²) in [6.07, 6.45) is -5.11. The maximum Gasteiger partial charge on any atom is 0.417 e. The molecule has 12 heteroatoms. The van der Waals surface area contributed by atoms with Gasteiger partial charge in [0.2, 0.25) is 5.88 Å². The Hall–Kier alpha value is -2.98. The summed E-state index contributed by atoms with van der Waals surface area (Å²) in [5, 5.41) is 2.35. The zero-order chi connectivity index (χ0) is 23.5. The van der Waals surface area contributed by atoms with Gasteiger partial charge in [-0.25, -0.2) is 4.98 Å². The van der Waals surface area contributed by atoms with E-state index in [9.17, 15) is 26.3 Å². The summed E-state index contributed by atoms with van der Waals surface area (Å²) < 4.78 is 81.5. The molecule has 0 amide bonds. The van der Waals surface area contributed by atoms with Crippen molar-refractivity contribution < 1.29 is 31.1 Å². The van der Waals surface area contributed by atoms with Crippen LogP contribution in [0.15, 0.2) is 55.0 Å². The van der Waals surface area contributed by atoms with Crippen molar-refractivity contribution in [2.75, 3.05) is 5.32 Å². The molecular weight excluding hydrogens is 483 g/mol. The third kappa shape index (κ3) is 6.04. The number of ether oxygens (including phenoxy) is 1. The van der Waals surface area contributed by atoms with Gasteiger partial charge in [-0.3, -0.25) is 4.98 Å². The summed E-state index contributed by atoms with van der Waals surface area (Å²) in [4.78, 5) is 7.27. The lowest BCUT2D eigenvalue weighted by atomic mass is 10.2. The SMILES string of the molecule is FC(F)(F)c1cnc(/C=C/Nc2cccc(Oc3ncc(C(F)(F)F)cc3Cl)c2)c(Cl)c1. The minimum absolute atomic E-state index is 0.111. The number of nitrogens with one attached hydrogen (secondary N) is 1. The average molecular weight is 494 g/mol. The molecule has 1 N–H and O–H groups in total. The number of alkyl halides is 6. The molecule has 3 aromatic rings. The van der Waals surface area contributed by atoms with Crippen molar-refractivity contribution in [2.45, 2.75) is 12.4 Å². The molecule has 0 atom stereocenters. The molecule has 0 saturated heterocycles. The van der Waals surface area contributed by atoms with Crippen LogP contribution >= 0.6 is 23.2 Å². The Bertz CT molecular complexity index is 1150. The Balaban J connectivity index is 1.70. The van der Waals surface area contributed by atoms with Gasteiger partial charge in [-0.15, -0.1) is 0 Å².